The zero-order valence-corrected chi connectivity index (χ0v) is 11.8. The highest BCUT2D eigenvalue weighted by Crippen LogP contribution is 2.33. The lowest BCUT2D eigenvalue weighted by molar-refractivity contribution is 0.0691. The number of nitrogens with zero attached hydrogens (tertiary/aromatic N) is 1. The maximum Gasteiger partial charge on any atom is 0.339 e. The van der Waals surface area contributed by atoms with Crippen LogP contribution in [0.25, 0.3) is 0 Å². The molecule has 0 bridgehead atoms. The average molecular weight is 306 g/mol. The fourth-order valence-electron chi connectivity index (χ4n) is 2.28. The van der Waals surface area contributed by atoms with Crippen LogP contribution in [-0.2, 0) is 13.0 Å². The summed E-state index contributed by atoms with van der Waals surface area (Å²) in [5, 5.41) is 9.72. The highest BCUT2D eigenvalue weighted by Gasteiger charge is 2.19. The first kappa shape index (κ1) is 13.7. The second-order valence-electron chi connectivity index (χ2n) is 4.62. The summed E-state index contributed by atoms with van der Waals surface area (Å²) in [6.07, 6.45) is 3.61. The van der Waals surface area contributed by atoms with Gasteiger partial charge in [-0.05, 0) is 23.8 Å². The molecule has 6 heteroatoms. The number of hydrogen-bond donors (Lipinski definition) is 1. The van der Waals surface area contributed by atoms with E-state index in [4.69, 9.17) is 26.2 Å². The Morgan fingerprint density at radius 1 is 1.48 bits per heavy atom. The van der Waals surface area contributed by atoms with Crippen molar-refractivity contribution in [3.05, 3.63) is 52.3 Å². The van der Waals surface area contributed by atoms with Crippen LogP contribution >= 0.6 is 11.6 Å². The van der Waals surface area contributed by atoms with Gasteiger partial charge in [0.2, 0.25) is 0 Å². The summed E-state index contributed by atoms with van der Waals surface area (Å²) in [5.41, 5.74) is 1.92. The average Bonchev–Trinajstić information content (AvgIpc) is 2.93. The van der Waals surface area contributed by atoms with Crippen molar-refractivity contribution >= 4 is 17.6 Å². The second kappa shape index (κ2) is 5.61. The van der Waals surface area contributed by atoms with Crippen molar-refractivity contribution in [1.82, 2.24) is 4.98 Å². The molecule has 0 saturated heterocycles. The number of carboxylic acid groups (broad SMARTS) is 1. The predicted octanol–water partition coefficient (Wildman–Crippen LogP) is 2.95. The van der Waals surface area contributed by atoms with Gasteiger partial charge in [-0.3, -0.25) is 4.98 Å². The topological polar surface area (TPSA) is 68.7 Å². The Balaban J connectivity index is 1.85. The summed E-state index contributed by atoms with van der Waals surface area (Å²) in [5.74, 6) is -0.0585. The van der Waals surface area contributed by atoms with Gasteiger partial charge in [0.05, 0.1) is 12.8 Å². The number of ether oxygens (including phenoxy) is 2. The number of hydrogen-bond acceptors (Lipinski definition) is 4. The smallest absolute Gasteiger partial charge is 0.339 e. The molecule has 2 heterocycles. The summed E-state index contributed by atoms with van der Waals surface area (Å²) in [6.45, 7) is 0.796. The third-order valence-corrected chi connectivity index (χ3v) is 3.44. The van der Waals surface area contributed by atoms with Gasteiger partial charge >= 0.3 is 5.97 Å². The molecule has 21 heavy (non-hydrogen) atoms. The first-order valence-electron chi connectivity index (χ1n) is 6.39. The first-order chi connectivity index (χ1) is 10.1. The molecule has 1 aliphatic rings. The van der Waals surface area contributed by atoms with Crippen molar-refractivity contribution in [2.45, 2.75) is 13.0 Å². The molecule has 0 atom stereocenters. The van der Waals surface area contributed by atoms with E-state index >= 15 is 0 Å². The van der Waals surface area contributed by atoms with E-state index in [1.807, 2.05) is 6.07 Å². The Morgan fingerprint density at radius 3 is 3.14 bits per heavy atom. The van der Waals surface area contributed by atoms with E-state index in [-0.39, 0.29) is 17.9 Å². The molecule has 3 rings (SSSR count). The Morgan fingerprint density at radius 2 is 2.33 bits per heavy atom. The molecule has 0 radical (unpaired) electrons. The summed E-state index contributed by atoms with van der Waals surface area (Å²) in [4.78, 5) is 15.0. The number of rotatable bonds is 4. The molecule has 108 valence electrons. The zero-order chi connectivity index (χ0) is 14.8. The molecule has 1 N–H and O–H groups in total. The number of aromatic nitrogens is 1. The van der Waals surface area contributed by atoms with Crippen molar-refractivity contribution in [3.8, 4) is 11.5 Å². The van der Waals surface area contributed by atoms with Crippen LogP contribution < -0.4 is 9.47 Å². The third-order valence-electron chi connectivity index (χ3n) is 3.22. The molecule has 0 aliphatic carbocycles. The molecule has 2 aromatic rings. The van der Waals surface area contributed by atoms with Gasteiger partial charge in [0, 0.05) is 23.2 Å². The Kier molecular flexibility index (Phi) is 3.66. The van der Waals surface area contributed by atoms with Crippen LogP contribution in [0.1, 0.15) is 21.5 Å². The summed E-state index contributed by atoms with van der Waals surface area (Å²) in [6, 6.07) is 5.04. The van der Waals surface area contributed by atoms with E-state index in [1.54, 1.807) is 6.07 Å². The summed E-state index contributed by atoms with van der Waals surface area (Å²) in [7, 11) is 0. The number of aromatic carboxylic acids is 1. The van der Waals surface area contributed by atoms with Crippen LogP contribution in [0.5, 0.6) is 11.5 Å². The number of pyridine rings is 1. The van der Waals surface area contributed by atoms with Crippen molar-refractivity contribution in [2.75, 3.05) is 6.61 Å². The molecule has 5 nitrogen and oxygen atoms in total. The molecular formula is C15H12ClNO4. The first-order valence-corrected chi connectivity index (χ1v) is 6.77. The standard InChI is InChI=1S/C15H12ClNO4/c16-11-5-9-2-4-20-14(9)10(6-11)8-21-13-7-17-3-1-12(13)15(18)19/h1,3,5-7H,2,4,8H2,(H,18,19). The Hall–Kier alpha value is -2.27. The molecule has 0 saturated carbocycles. The molecular weight excluding hydrogens is 294 g/mol. The molecule has 1 aromatic carbocycles. The minimum atomic E-state index is -1.06. The molecule has 0 unspecified atom stereocenters. The lowest BCUT2D eigenvalue weighted by Gasteiger charge is -2.11. The van der Waals surface area contributed by atoms with Gasteiger partial charge in [-0.25, -0.2) is 4.79 Å². The van der Waals surface area contributed by atoms with Crippen molar-refractivity contribution in [1.29, 1.82) is 0 Å². The van der Waals surface area contributed by atoms with Crippen LogP contribution in [0, 0.1) is 0 Å². The second-order valence-corrected chi connectivity index (χ2v) is 5.05. The van der Waals surface area contributed by atoms with E-state index in [9.17, 15) is 4.79 Å². The van der Waals surface area contributed by atoms with Crippen LogP contribution in [0.15, 0.2) is 30.6 Å². The molecule has 1 aliphatic heterocycles. The van der Waals surface area contributed by atoms with E-state index < -0.39 is 5.97 Å². The number of halogens is 1. The third kappa shape index (κ3) is 2.78. The fourth-order valence-corrected chi connectivity index (χ4v) is 2.54. The fraction of sp³-hybridized carbons (Fsp3) is 0.200. The summed E-state index contributed by atoms with van der Waals surface area (Å²) >= 11 is 6.07. The van der Waals surface area contributed by atoms with E-state index in [2.05, 4.69) is 4.98 Å². The van der Waals surface area contributed by atoms with Gasteiger partial charge in [-0.1, -0.05) is 11.6 Å². The maximum absolute atomic E-state index is 11.1. The van der Waals surface area contributed by atoms with Crippen molar-refractivity contribution < 1.29 is 19.4 Å². The molecule has 0 fully saturated rings. The van der Waals surface area contributed by atoms with Crippen LogP contribution in [0.2, 0.25) is 5.02 Å². The number of carbonyl (C=O) groups is 1. The van der Waals surface area contributed by atoms with Gasteiger partial charge < -0.3 is 14.6 Å². The highest BCUT2D eigenvalue weighted by atomic mass is 35.5. The lowest BCUT2D eigenvalue weighted by Crippen LogP contribution is -2.04. The number of fused-ring (bicyclic) bond motifs is 1. The van der Waals surface area contributed by atoms with Crippen molar-refractivity contribution in [3.63, 3.8) is 0 Å². The zero-order valence-electron chi connectivity index (χ0n) is 11.0. The number of carboxylic acids is 1. The Bertz CT molecular complexity index is 702. The normalized spacial score (nSPS) is 12.6. The molecule has 0 amide bonds. The lowest BCUT2D eigenvalue weighted by atomic mass is 10.1. The molecule has 0 spiro atoms. The van der Waals surface area contributed by atoms with Crippen molar-refractivity contribution in [2.24, 2.45) is 0 Å². The summed E-state index contributed by atoms with van der Waals surface area (Å²) < 4.78 is 11.2. The monoisotopic (exact) mass is 305 g/mol. The van der Waals surface area contributed by atoms with Gasteiger partial charge in [0.1, 0.15) is 17.9 Å². The predicted molar refractivity (Wildman–Crippen MR) is 76.2 cm³/mol. The maximum atomic E-state index is 11.1. The minimum absolute atomic E-state index is 0.0737. The number of benzene rings is 1. The minimum Gasteiger partial charge on any atom is -0.493 e. The van der Waals surface area contributed by atoms with Crippen LogP contribution in [-0.4, -0.2) is 22.7 Å². The highest BCUT2D eigenvalue weighted by molar-refractivity contribution is 6.30. The van der Waals surface area contributed by atoms with Crippen LogP contribution in [0.3, 0.4) is 0 Å². The quantitative estimate of drug-likeness (QED) is 0.940. The van der Waals surface area contributed by atoms with Gasteiger partial charge in [0.15, 0.2) is 5.75 Å². The largest absolute Gasteiger partial charge is 0.493 e. The van der Waals surface area contributed by atoms with E-state index in [0.717, 1.165) is 23.3 Å². The van der Waals surface area contributed by atoms with E-state index in [1.165, 1.54) is 18.5 Å². The van der Waals surface area contributed by atoms with E-state index in [0.29, 0.717) is 11.6 Å². The van der Waals surface area contributed by atoms with Gasteiger partial charge in [-0.15, -0.1) is 0 Å². The van der Waals surface area contributed by atoms with Gasteiger partial charge in [0.25, 0.3) is 0 Å². The van der Waals surface area contributed by atoms with Crippen LogP contribution in [0.4, 0.5) is 0 Å². The molecule has 1 aromatic heterocycles. The Labute approximate surface area is 126 Å². The SMILES string of the molecule is O=C(O)c1ccncc1OCc1cc(Cl)cc2c1OCC2. The van der Waals surface area contributed by atoms with Gasteiger partial charge in [-0.2, -0.15) is 0 Å².